The Labute approximate surface area is 168 Å². The van der Waals surface area contributed by atoms with Crippen molar-refractivity contribution in [3.05, 3.63) is 32.4 Å². The minimum Gasteiger partial charge on any atom is -0.342 e. The van der Waals surface area contributed by atoms with Crippen LogP contribution in [0.15, 0.2) is 18.2 Å². The predicted molar refractivity (Wildman–Crippen MR) is 108 cm³/mol. The number of carbonyl (C=O) groups is 2. The molecular formula is C19H24ClIN2O2. The molecule has 1 aromatic rings. The number of piperidine rings is 2. The van der Waals surface area contributed by atoms with Gasteiger partial charge in [-0.1, -0.05) is 18.5 Å². The van der Waals surface area contributed by atoms with Crippen LogP contribution in [0.4, 0.5) is 0 Å². The van der Waals surface area contributed by atoms with Crippen molar-refractivity contribution >= 4 is 46.0 Å². The lowest BCUT2D eigenvalue weighted by Crippen LogP contribution is -2.47. The molecule has 25 heavy (non-hydrogen) atoms. The molecule has 2 aliphatic heterocycles. The highest BCUT2D eigenvalue weighted by Crippen LogP contribution is 2.25. The van der Waals surface area contributed by atoms with Gasteiger partial charge in [0.2, 0.25) is 5.91 Å². The number of likely N-dealkylation sites (tertiary alicyclic amines) is 2. The molecule has 0 spiro atoms. The Balaban J connectivity index is 1.56. The number of nitrogens with zero attached hydrogens (tertiary/aromatic N) is 2. The molecular weight excluding hydrogens is 451 g/mol. The zero-order chi connectivity index (χ0) is 18.0. The third kappa shape index (κ3) is 4.48. The number of halogens is 2. The van der Waals surface area contributed by atoms with E-state index in [0.717, 1.165) is 35.9 Å². The number of hydrogen-bond donors (Lipinski definition) is 0. The largest absolute Gasteiger partial charge is 0.342 e. The van der Waals surface area contributed by atoms with Crippen LogP contribution in [-0.2, 0) is 4.79 Å². The fourth-order valence-corrected chi connectivity index (χ4v) is 4.42. The van der Waals surface area contributed by atoms with E-state index in [2.05, 4.69) is 29.5 Å². The van der Waals surface area contributed by atoms with Crippen LogP contribution < -0.4 is 0 Å². The summed E-state index contributed by atoms with van der Waals surface area (Å²) in [6.45, 7) is 5.30. The van der Waals surface area contributed by atoms with Crippen LogP contribution in [0, 0.1) is 15.4 Å². The van der Waals surface area contributed by atoms with Crippen molar-refractivity contribution in [2.75, 3.05) is 26.2 Å². The summed E-state index contributed by atoms with van der Waals surface area (Å²) in [5.74, 6) is 0.998. The van der Waals surface area contributed by atoms with Gasteiger partial charge in [0.1, 0.15) is 0 Å². The number of benzene rings is 1. The third-order valence-electron chi connectivity index (χ3n) is 5.27. The van der Waals surface area contributed by atoms with Gasteiger partial charge in [0.05, 0.1) is 5.02 Å². The number of rotatable bonds is 2. The van der Waals surface area contributed by atoms with Gasteiger partial charge < -0.3 is 9.80 Å². The van der Waals surface area contributed by atoms with Crippen molar-refractivity contribution in [3.8, 4) is 0 Å². The Morgan fingerprint density at radius 1 is 1.12 bits per heavy atom. The highest BCUT2D eigenvalue weighted by atomic mass is 127. The summed E-state index contributed by atoms with van der Waals surface area (Å²) >= 11 is 8.17. The lowest BCUT2D eigenvalue weighted by Gasteiger charge is -2.37. The number of amides is 2. The maximum absolute atomic E-state index is 12.7. The van der Waals surface area contributed by atoms with Crippen molar-refractivity contribution < 1.29 is 9.59 Å². The summed E-state index contributed by atoms with van der Waals surface area (Å²) in [4.78, 5) is 29.3. The predicted octanol–water partition coefficient (Wildman–Crippen LogP) is 4.06. The van der Waals surface area contributed by atoms with Gasteiger partial charge in [-0.15, -0.1) is 0 Å². The maximum atomic E-state index is 12.7. The van der Waals surface area contributed by atoms with E-state index in [1.54, 1.807) is 12.1 Å². The zero-order valence-corrected chi connectivity index (χ0v) is 17.4. The average Bonchev–Trinajstić information content (AvgIpc) is 2.63. The first-order chi connectivity index (χ1) is 12.0. The topological polar surface area (TPSA) is 40.6 Å². The van der Waals surface area contributed by atoms with Gasteiger partial charge in [0.25, 0.3) is 5.91 Å². The molecule has 136 valence electrons. The fourth-order valence-electron chi connectivity index (χ4n) is 3.79. The molecule has 2 fully saturated rings. The molecule has 0 aliphatic carbocycles. The van der Waals surface area contributed by atoms with Crippen molar-refractivity contribution in [1.29, 1.82) is 0 Å². The second-order valence-electron chi connectivity index (χ2n) is 7.23. The van der Waals surface area contributed by atoms with Gasteiger partial charge in [-0.3, -0.25) is 9.59 Å². The molecule has 0 aromatic heterocycles. The second kappa shape index (κ2) is 8.25. The van der Waals surface area contributed by atoms with E-state index in [-0.39, 0.29) is 11.8 Å². The fraction of sp³-hybridized carbons (Fsp3) is 0.579. The van der Waals surface area contributed by atoms with Crippen LogP contribution >= 0.6 is 34.2 Å². The van der Waals surface area contributed by atoms with Crippen LogP contribution in [0.25, 0.3) is 0 Å². The summed E-state index contributed by atoms with van der Waals surface area (Å²) in [7, 11) is 0. The molecule has 1 atom stereocenters. The Bertz CT molecular complexity index is 659. The highest BCUT2D eigenvalue weighted by molar-refractivity contribution is 14.1. The molecule has 0 radical (unpaired) electrons. The van der Waals surface area contributed by atoms with E-state index < -0.39 is 0 Å². The molecule has 2 saturated heterocycles. The molecule has 2 heterocycles. The van der Waals surface area contributed by atoms with Crippen molar-refractivity contribution in [2.24, 2.45) is 11.8 Å². The molecule has 2 aliphatic rings. The summed E-state index contributed by atoms with van der Waals surface area (Å²) in [6, 6.07) is 5.38. The maximum Gasteiger partial charge on any atom is 0.253 e. The van der Waals surface area contributed by atoms with Crippen molar-refractivity contribution in [1.82, 2.24) is 9.80 Å². The lowest BCUT2D eigenvalue weighted by molar-refractivity contribution is -0.138. The molecule has 6 heteroatoms. The second-order valence-corrected chi connectivity index (χ2v) is 8.80. The number of carbonyl (C=O) groups excluding carboxylic acids is 2. The highest BCUT2D eigenvalue weighted by Gasteiger charge is 2.32. The molecule has 1 unspecified atom stereocenters. The van der Waals surface area contributed by atoms with Gasteiger partial charge >= 0.3 is 0 Å². The van der Waals surface area contributed by atoms with E-state index in [1.165, 1.54) is 6.42 Å². The third-order valence-corrected chi connectivity index (χ3v) is 6.81. The molecule has 0 saturated carbocycles. The van der Waals surface area contributed by atoms with Gasteiger partial charge in [-0.05, 0) is 72.4 Å². The van der Waals surface area contributed by atoms with E-state index in [1.807, 2.05) is 15.9 Å². The summed E-state index contributed by atoms with van der Waals surface area (Å²) in [5, 5.41) is 0.664. The molecule has 0 N–H and O–H groups in total. The van der Waals surface area contributed by atoms with Crippen LogP contribution in [-0.4, -0.2) is 47.8 Å². The van der Waals surface area contributed by atoms with Gasteiger partial charge in [0.15, 0.2) is 0 Å². The monoisotopic (exact) mass is 474 g/mol. The first kappa shape index (κ1) is 19.0. The summed E-state index contributed by atoms with van der Waals surface area (Å²) in [6.07, 6.45) is 3.86. The molecule has 2 amide bonds. The molecule has 1 aromatic carbocycles. The Kier molecular flexibility index (Phi) is 6.25. The Morgan fingerprint density at radius 2 is 1.84 bits per heavy atom. The smallest absolute Gasteiger partial charge is 0.253 e. The SMILES string of the molecule is CC1CCCN(C(=O)C2CCN(C(=O)c3ccc(Cl)c(I)c3)CC2)C1. The van der Waals surface area contributed by atoms with E-state index in [9.17, 15) is 9.59 Å². The van der Waals surface area contributed by atoms with Gasteiger partial charge in [-0.2, -0.15) is 0 Å². The summed E-state index contributed by atoms with van der Waals surface area (Å²) < 4.78 is 0.884. The standard InChI is InChI=1S/C19H24ClIN2O2/c1-13-3-2-8-23(12-13)18(24)14-6-9-22(10-7-14)19(25)15-4-5-16(20)17(21)11-15/h4-5,11,13-14H,2-3,6-10,12H2,1H3. The first-order valence-electron chi connectivity index (χ1n) is 8.99. The van der Waals surface area contributed by atoms with Crippen molar-refractivity contribution in [2.45, 2.75) is 32.6 Å². The first-order valence-corrected chi connectivity index (χ1v) is 10.4. The van der Waals surface area contributed by atoms with Crippen LogP contribution in [0.5, 0.6) is 0 Å². The zero-order valence-electron chi connectivity index (χ0n) is 14.5. The average molecular weight is 475 g/mol. The Morgan fingerprint density at radius 3 is 2.48 bits per heavy atom. The molecule has 0 bridgehead atoms. The van der Waals surface area contributed by atoms with E-state index in [0.29, 0.717) is 35.5 Å². The van der Waals surface area contributed by atoms with Gasteiger partial charge in [-0.25, -0.2) is 0 Å². The van der Waals surface area contributed by atoms with Crippen LogP contribution in [0.2, 0.25) is 5.02 Å². The van der Waals surface area contributed by atoms with Crippen LogP contribution in [0.1, 0.15) is 43.0 Å². The van der Waals surface area contributed by atoms with Crippen LogP contribution in [0.3, 0.4) is 0 Å². The molecule has 3 rings (SSSR count). The minimum absolute atomic E-state index is 0.0343. The number of hydrogen-bond acceptors (Lipinski definition) is 2. The lowest BCUT2D eigenvalue weighted by atomic mass is 9.92. The van der Waals surface area contributed by atoms with E-state index >= 15 is 0 Å². The van der Waals surface area contributed by atoms with E-state index in [4.69, 9.17) is 11.6 Å². The quantitative estimate of drug-likeness (QED) is 0.607. The minimum atomic E-state index is 0.0343. The van der Waals surface area contributed by atoms with Crippen molar-refractivity contribution in [3.63, 3.8) is 0 Å². The Hall–Kier alpha value is -0.820. The summed E-state index contributed by atoms with van der Waals surface area (Å²) in [5.41, 5.74) is 0.670. The normalized spacial score (nSPS) is 22.1. The van der Waals surface area contributed by atoms with Gasteiger partial charge in [0, 0.05) is 41.2 Å². The molecule has 4 nitrogen and oxygen atoms in total.